The Labute approximate surface area is 207 Å². The van der Waals surface area contributed by atoms with E-state index in [9.17, 15) is 9.18 Å². The van der Waals surface area contributed by atoms with Gasteiger partial charge in [-0.2, -0.15) is 0 Å². The minimum absolute atomic E-state index is 0.0662. The van der Waals surface area contributed by atoms with E-state index < -0.39 is 0 Å². The molecule has 0 radical (unpaired) electrons. The molecule has 0 unspecified atom stereocenters. The number of hydrogen-bond donors (Lipinski definition) is 1. The van der Waals surface area contributed by atoms with Crippen molar-refractivity contribution in [3.8, 4) is 11.3 Å². The average Bonchev–Trinajstić information content (AvgIpc) is 3.42. The Hall–Kier alpha value is -3.71. The van der Waals surface area contributed by atoms with Gasteiger partial charge in [-0.05, 0) is 80.4 Å². The van der Waals surface area contributed by atoms with Gasteiger partial charge in [0.1, 0.15) is 5.82 Å². The first-order valence-corrected chi connectivity index (χ1v) is 12.6. The van der Waals surface area contributed by atoms with Crippen LogP contribution in [0.1, 0.15) is 29.3 Å². The van der Waals surface area contributed by atoms with Gasteiger partial charge in [0, 0.05) is 42.6 Å². The molecule has 2 aromatic heterocycles. The van der Waals surface area contributed by atoms with E-state index in [0.29, 0.717) is 12.1 Å². The van der Waals surface area contributed by atoms with Gasteiger partial charge >= 0.3 is 0 Å². The maximum absolute atomic E-state index is 13.2. The number of imidazole rings is 1. The predicted octanol–water partition coefficient (Wildman–Crippen LogP) is 6.31. The van der Waals surface area contributed by atoms with Gasteiger partial charge in [0.15, 0.2) is 4.96 Å². The van der Waals surface area contributed by atoms with Crippen molar-refractivity contribution in [1.82, 2.24) is 14.7 Å². The summed E-state index contributed by atoms with van der Waals surface area (Å²) in [7, 11) is 0. The second-order valence-corrected chi connectivity index (χ2v) is 9.61. The molecule has 0 aliphatic rings. The molecule has 0 bridgehead atoms. The lowest BCUT2D eigenvalue weighted by Crippen LogP contribution is -2.30. The number of carbonyl (C=O) groups is 1. The van der Waals surface area contributed by atoms with Crippen LogP contribution in [0.15, 0.2) is 72.9 Å². The first-order valence-electron chi connectivity index (χ1n) is 11.8. The molecule has 0 aliphatic heterocycles. The third-order valence-electron chi connectivity index (χ3n) is 6.14. The molecule has 7 heteroatoms. The van der Waals surface area contributed by atoms with E-state index in [1.807, 2.05) is 28.8 Å². The molecule has 178 valence electrons. The Morgan fingerprint density at radius 2 is 1.94 bits per heavy atom. The van der Waals surface area contributed by atoms with Crippen LogP contribution in [0.2, 0.25) is 0 Å². The van der Waals surface area contributed by atoms with Crippen molar-refractivity contribution >= 4 is 38.1 Å². The zero-order valence-corrected chi connectivity index (χ0v) is 20.6. The molecule has 35 heavy (non-hydrogen) atoms. The van der Waals surface area contributed by atoms with Gasteiger partial charge in [0.2, 0.25) is 0 Å². The van der Waals surface area contributed by atoms with Crippen molar-refractivity contribution in [1.29, 1.82) is 0 Å². The fourth-order valence-electron chi connectivity index (χ4n) is 4.27. The van der Waals surface area contributed by atoms with Crippen LogP contribution in [0.25, 0.3) is 26.4 Å². The van der Waals surface area contributed by atoms with Gasteiger partial charge in [0.25, 0.3) is 5.91 Å². The van der Waals surface area contributed by atoms with Gasteiger partial charge < -0.3 is 10.2 Å². The number of thiazole rings is 1. The van der Waals surface area contributed by atoms with Crippen molar-refractivity contribution in [2.45, 2.75) is 20.3 Å². The van der Waals surface area contributed by atoms with Crippen LogP contribution in [-0.2, 0) is 0 Å². The number of aromatic nitrogens is 2. The maximum Gasteiger partial charge on any atom is 0.251 e. The van der Waals surface area contributed by atoms with Crippen molar-refractivity contribution in [2.75, 3.05) is 24.5 Å². The van der Waals surface area contributed by atoms with Crippen LogP contribution in [0.4, 0.5) is 10.1 Å². The normalized spacial score (nSPS) is 11.3. The van der Waals surface area contributed by atoms with Gasteiger partial charge in [-0.15, -0.1) is 0 Å². The van der Waals surface area contributed by atoms with Crippen molar-refractivity contribution in [3.63, 3.8) is 0 Å². The highest BCUT2D eigenvalue weighted by molar-refractivity contribution is 7.23. The second-order valence-electron chi connectivity index (χ2n) is 8.60. The molecule has 0 spiro atoms. The quantitative estimate of drug-likeness (QED) is 0.262. The monoisotopic (exact) mass is 486 g/mol. The first kappa shape index (κ1) is 23.1. The largest absolute Gasteiger partial charge is 0.372 e. The van der Waals surface area contributed by atoms with Crippen LogP contribution in [-0.4, -0.2) is 34.9 Å². The summed E-state index contributed by atoms with van der Waals surface area (Å²) in [6, 6.07) is 20.6. The number of aryl methyl sites for hydroxylation is 1. The summed E-state index contributed by atoms with van der Waals surface area (Å²) in [4.78, 5) is 20.6. The number of carbonyl (C=O) groups excluding carboxylic acids is 1. The van der Waals surface area contributed by atoms with Gasteiger partial charge in [-0.3, -0.25) is 9.20 Å². The number of rotatable bonds is 8. The topological polar surface area (TPSA) is 49.6 Å². The smallest absolute Gasteiger partial charge is 0.251 e. The molecule has 0 saturated carbocycles. The second kappa shape index (κ2) is 9.88. The summed E-state index contributed by atoms with van der Waals surface area (Å²) in [5.74, 6) is -0.330. The third-order valence-corrected chi connectivity index (χ3v) is 7.15. The molecule has 3 aromatic carbocycles. The van der Waals surface area contributed by atoms with Crippen LogP contribution in [0, 0.1) is 12.7 Å². The lowest BCUT2D eigenvalue weighted by atomic mass is 10.2. The van der Waals surface area contributed by atoms with Crippen molar-refractivity contribution in [3.05, 3.63) is 89.9 Å². The van der Waals surface area contributed by atoms with Crippen LogP contribution < -0.4 is 10.2 Å². The Balaban J connectivity index is 1.23. The van der Waals surface area contributed by atoms with E-state index in [1.54, 1.807) is 12.1 Å². The summed E-state index contributed by atoms with van der Waals surface area (Å²) in [5.41, 5.74) is 5.78. The van der Waals surface area contributed by atoms with Gasteiger partial charge in [-0.25, -0.2) is 9.37 Å². The summed E-state index contributed by atoms with van der Waals surface area (Å²) in [6.07, 6.45) is 2.82. The van der Waals surface area contributed by atoms with E-state index in [0.717, 1.165) is 45.9 Å². The summed E-state index contributed by atoms with van der Waals surface area (Å²) in [5, 5.41) is 3.05. The van der Waals surface area contributed by atoms with Crippen molar-refractivity contribution < 1.29 is 9.18 Å². The molecule has 5 nitrogen and oxygen atoms in total. The highest BCUT2D eigenvalue weighted by atomic mass is 32.1. The Bertz CT molecular complexity index is 1490. The fourth-order valence-corrected chi connectivity index (χ4v) is 5.32. The minimum Gasteiger partial charge on any atom is -0.372 e. The maximum atomic E-state index is 13.2. The molecule has 0 saturated heterocycles. The number of anilines is 1. The molecular weight excluding hydrogens is 459 g/mol. The molecule has 1 N–H and O–H groups in total. The Morgan fingerprint density at radius 1 is 1.11 bits per heavy atom. The van der Waals surface area contributed by atoms with E-state index in [1.165, 1.54) is 34.7 Å². The molecule has 1 amide bonds. The number of amides is 1. The Morgan fingerprint density at radius 3 is 2.71 bits per heavy atom. The highest BCUT2D eigenvalue weighted by Crippen LogP contribution is 2.30. The zero-order chi connectivity index (χ0) is 24.4. The third kappa shape index (κ3) is 4.91. The van der Waals surface area contributed by atoms with Gasteiger partial charge in [0.05, 0.1) is 15.9 Å². The number of hydrogen-bond acceptors (Lipinski definition) is 4. The standard InChI is InChI=1S/C28H27FN4OS/c1-3-32(23-7-4-6-19(2)16-23)15-5-14-30-27(34)21-10-13-25-26(17-21)35-28-31-24(18-33(25)28)20-8-11-22(29)12-9-20/h4,6-13,16-18H,3,5,14-15H2,1-2H3,(H,30,34). The average molecular weight is 487 g/mol. The number of halogens is 1. The molecule has 2 heterocycles. The number of benzene rings is 3. The molecule has 0 fully saturated rings. The lowest BCUT2D eigenvalue weighted by molar-refractivity contribution is 0.0953. The first-order chi connectivity index (χ1) is 17.0. The Kier molecular flexibility index (Phi) is 6.51. The van der Waals surface area contributed by atoms with Crippen LogP contribution in [0.3, 0.4) is 0 Å². The van der Waals surface area contributed by atoms with E-state index in [2.05, 4.69) is 48.3 Å². The summed E-state index contributed by atoms with van der Waals surface area (Å²) in [6.45, 7) is 6.68. The zero-order valence-electron chi connectivity index (χ0n) is 19.8. The number of fused-ring (bicyclic) bond motifs is 3. The molecule has 5 rings (SSSR count). The summed E-state index contributed by atoms with van der Waals surface area (Å²) >= 11 is 1.54. The van der Waals surface area contributed by atoms with E-state index in [4.69, 9.17) is 4.98 Å². The molecule has 0 aliphatic carbocycles. The number of nitrogens with one attached hydrogen (secondary N) is 1. The van der Waals surface area contributed by atoms with E-state index >= 15 is 0 Å². The molecule has 5 aromatic rings. The summed E-state index contributed by atoms with van der Waals surface area (Å²) < 4.78 is 16.3. The van der Waals surface area contributed by atoms with E-state index in [-0.39, 0.29) is 11.7 Å². The SMILES string of the molecule is CCN(CCCNC(=O)c1ccc2c(c1)sc1nc(-c3ccc(F)cc3)cn12)c1cccc(C)c1. The van der Waals surface area contributed by atoms with Crippen LogP contribution in [0.5, 0.6) is 0 Å². The van der Waals surface area contributed by atoms with Crippen LogP contribution >= 0.6 is 11.3 Å². The highest BCUT2D eigenvalue weighted by Gasteiger charge is 2.13. The minimum atomic E-state index is -0.264. The van der Waals surface area contributed by atoms with Crippen molar-refractivity contribution in [2.24, 2.45) is 0 Å². The lowest BCUT2D eigenvalue weighted by Gasteiger charge is -2.23. The van der Waals surface area contributed by atoms with Gasteiger partial charge in [-0.1, -0.05) is 23.5 Å². The molecule has 0 atom stereocenters. The fraction of sp³-hybridized carbons (Fsp3) is 0.214. The predicted molar refractivity (Wildman–Crippen MR) is 142 cm³/mol. The molecular formula is C28H27FN4OS. The number of nitrogens with zero attached hydrogens (tertiary/aromatic N) is 3.